The van der Waals surface area contributed by atoms with Crippen molar-refractivity contribution in [3.8, 4) is 0 Å². The number of benzene rings is 1. The molecule has 0 atom stereocenters. The molecule has 1 aliphatic rings. The zero-order valence-corrected chi connectivity index (χ0v) is 12.2. The lowest BCUT2D eigenvalue weighted by atomic mass is 10.2. The van der Waals surface area contributed by atoms with Gasteiger partial charge in [0.1, 0.15) is 17.5 Å². The van der Waals surface area contributed by atoms with Gasteiger partial charge in [-0.2, -0.15) is 0 Å². The molecule has 1 heterocycles. The smallest absolute Gasteiger partial charge is 0.263 e. The van der Waals surface area contributed by atoms with Crippen molar-refractivity contribution >= 4 is 15.8 Å². The highest BCUT2D eigenvalue weighted by Gasteiger charge is 2.27. The Morgan fingerprint density at radius 3 is 2.76 bits per heavy atom. The van der Waals surface area contributed by atoms with Gasteiger partial charge in [-0.15, -0.1) is 0 Å². The molecule has 2 aromatic rings. The van der Waals surface area contributed by atoms with Crippen LogP contribution in [0.2, 0.25) is 0 Å². The fourth-order valence-electron chi connectivity index (χ4n) is 2.02. The molecule has 0 unspecified atom stereocenters. The Morgan fingerprint density at radius 1 is 1.29 bits per heavy atom. The number of rotatable bonds is 4. The second kappa shape index (κ2) is 5.07. The summed E-state index contributed by atoms with van der Waals surface area (Å²) in [7, 11) is -3.87. The van der Waals surface area contributed by atoms with Gasteiger partial charge >= 0.3 is 0 Å². The number of aromatic nitrogens is 2. The minimum atomic E-state index is -3.87. The number of aryl methyl sites for hydroxylation is 1. The Labute approximate surface area is 122 Å². The zero-order valence-electron chi connectivity index (χ0n) is 11.4. The van der Waals surface area contributed by atoms with Crippen LogP contribution in [0, 0.1) is 12.7 Å². The van der Waals surface area contributed by atoms with E-state index in [1.807, 2.05) is 0 Å². The molecule has 5 nitrogen and oxygen atoms in total. The Bertz CT molecular complexity index is 789. The lowest BCUT2D eigenvalue weighted by Crippen LogP contribution is -2.16. The average Bonchev–Trinajstić information content (AvgIpc) is 3.25. The third kappa shape index (κ3) is 3.02. The first-order chi connectivity index (χ1) is 9.95. The van der Waals surface area contributed by atoms with Crippen LogP contribution in [0.1, 0.15) is 30.1 Å². The lowest BCUT2D eigenvalue weighted by molar-refractivity contribution is 0.594. The van der Waals surface area contributed by atoms with Gasteiger partial charge in [0.15, 0.2) is 0 Å². The largest absolute Gasteiger partial charge is 0.263 e. The molecule has 0 radical (unpaired) electrons. The van der Waals surface area contributed by atoms with E-state index in [0.717, 1.165) is 18.9 Å². The summed E-state index contributed by atoms with van der Waals surface area (Å²) >= 11 is 0. The minimum Gasteiger partial charge on any atom is -0.263 e. The van der Waals surface area contributed by atoms with Crippen LogP contribution in [-0.2, 0) is 10.0 Å². The molecule has 1 aromatic carbocycles. The van der Waals surface area contributed by atoms with Crippen molar-refractivity contribution in [2.75, 3.05) is 4.72 Å². The summed E-state index contributed by atoms with van der Waals surface area (Å²) in [5.41, 5.74) is 0.473. The quantitative estimate of drug-likeness (QED) is 0.942. The number of hydrogen-bond donors (Lipinski definition) is 1. The highest BCUT2D eigenvalue weighted by atomic mass is 32.2. The second-order valence-corrected chi connectivity index (χ2v) is 6.74. The van der Waals surface area contributed by atoms with Crippen LogP contribution in [0.15, 0.2) is 35.4 Å². The van der Waals surface area contributed by atoms with Crippen molar-refractivity contribution in [1.82, 2.24) is 9.97 Å². The molecule has 0 bridgehead atoms. The number of nitrogens with zero attached hydrogens (tertiary/aromatic N) is 2. The summed E-state index contributed by atoms with van der Waals surface area (Å²) in [6, 6.07) is 5.14. The SMILES string of the molecule is Cc1ccc(F)cc1S(=O)(=O)Nc1ccnc(C2CC2)n1. The van der Waals surface area contributed by atoms with E-state index in [0.29, 0.717) is 17.3 Å². The number of sulfonamides is 1. The summed E-state index contributed by atoms with van der Waals surface area (Å²) in [5, 5.41) is 0. The van der Waals surface area contributed by atoms with Gasteiger partial charge in [0.2, 0.25) is 0 Å². The van der Waals surface area contributed by atoms with Gasteiger partial charge in [-0.05, 0) is 43.5 Å². The maximum absolute atomic E-state index is 13.3. The fourth-order valence-corrected chi connectivity index (χ4v) is 3.28. The number of halogens is 1. The third-order valence-electron chi connectivity index (χ3n) is 3.30. The molecule has 1 saturated carbocycles. The molecular weight excluding hydrogens is 293 g/mol. The maximum atomic E-state index is 13.3. The van der Waals surface area contributed by atoms with Gasteiger partial charge in [-0.25, -0.2) is 22.8 Å². The summed E-state index contributed by atoms with van der Waals surface area (Å²) in [4.78, 5) is 8.24. The van der Waals surface area contributed by atoms with Crippen molar-refractivity contribution in [2.45, 2.75) is 30.6 Å². The summed E-state index contributed by atoms with van der Waals surface area (Å²) in [6.45, 7) is 1.61. The molecule has 3 rings (SSSR count). The second-order valence-electron chi connectivity index (χ2n) is 5.09. The van der Waals surface area contributed by atoms with Gasteiger partial charge in [0, 0.05) is 12.1 Å². The van der Waals surface area contributed by atoms with E-state index in [4.69, 9.17) is 0 Å². The van der Waals surface area contributed by atoms with Gasteiger partial charge < -0.3 is 0 Å². The lowest BCUT2D eigenvalue weighted by Gasteiger charge is -2.10. The van der Waals surface area contributed by atoms with Crippen molar-refractivity contribution < 1.29 is 12.8 Å². The standard InChI is InChI=1S/C14H14FN3O2S/c1-9-2-5-11(15)8-12(9)21(19,20)18-13-6-7-16-14(17-13)10-3-4-10/h2,5-8,10H,3-4H2,1H3,(H,16,17,18). The van der Waals surface area contributed by atoms with Crippen molar-refractivity contribution in [2.24, 2.45) is 0 Å². The molecule has 0 aliphatic heterocycles. The number of nitrogens with one attached hydrogen (secondary N) is 1. The van der Waals surface area contributed by atoms with Crippen molar-refractivity contribution in [1.29, 1.82) is 0 Å². The normalized spacial score (nSPS) is 15.0. The zero-order chi connectivity index (χ0) is 15.0. The van der Waals surface area contributed by atoms with Crippen molar-refractivity contribution in [3.63, 3.8) is 0 Å². The summed E-state index contributed by atoms with van der Waals surface area (Å²) in [5.74, 6) is 0.578. The topological polar surface area (TPSA) is 72.0 Å². The van der Waals surface area contributed by atoms with Crippen LogP contribution < -0.4 is 4.72 Å². The summed E-state index contributed by atoms with van der Waals surface area (Å²) < 4.78 is 40.3. The summed E-state index contributed by atoms with van der Waals surface area (Å²) in [6.07, 6.45) is 3.58. The van der Waals surface area contributed by atoms with Crippen LogP contribution in [0.4, 0.5) is 10.2 Å². The molecule has 0 amide bonds. The van der Waals surface area contributed by atoms with E-state index < -0.39 is 15.8 Å². The van der Waals surface area contributed by atoms with Crippen LogP contribution in [-0.4, -0.2) is 18.4 Å². The monoisotopic (exact) mass is 307 g/mol. The molecule has 1 fully saturated rings. The molecule has 0 spiro atoms. The Kier molecular flexibility index (Phi) is 3.36. The third-order valence-corrected chi connectivity index (χ3v) is 4.79. The van der Waals surface area contributed by atoms with Crippen LogP contribution >= 0.6 is 0 Å². The number of anilines is 1. The highest BCUT2D eigenvalue weighted by Crippen LogP contribution is 2.38. The highest BCUT2D eigenvalue weighted by molar-refractivity contribution is 7.92. The Balaban J connectivity index is 1.92. The molecule has 1 N–H and O–H groups in total. The van der Waals surface area contributed by atoms with Gasteiger partial charge in [-0.1, -0.05) is 6.07 Å². The first-order valence-electron chi connectivity index (χ1n) is 6.57. The Morgan fingerprint density at radius 2 is 2.05 bits per heavy atom. The van der Waals surface area contributed by atoms with Crippen LogP contribution in [0.5, 0.6) is 0 Å². The van der Waals surface area contributed by atoms with Crippen LogP contribution in [0.3, 0.4) is 0 Å². The molecule has 7 heteroatoms. The average molecular weight is 307 g/mol. The predicted octanol–water partition coefficient (Wildman–Crippen LogP) is 2.60. The predicted molar refractivity (Wildman–Crippen MR) is 76.0 cm³/mol. The molecule has 1 aromatic heterocycles. The van der Waals surface area contributed by atoms with Gasteiger partial charge in [-0.3, -0.25) is 4.72 Å². The number of hydrogen-bond acceptors (Lipinski definition) is 4. The molecule has 21 heavy (non-hydrogen) atoms. The first kappa shape index (κ1) is 13.9. The molecule has 0 saturated heterocycles. The fraction of sp³-hybridized carbons (Fsp3) is 0.286. The van der Waals surface area contributed by atoms with Crippen LogP contribution in [0.25, 0.3) is 0 Å². The Hall–Kier alpha value is -2.02. The maximum Gasteiger partial charge on any atom is 0.263 e. The molecule has 1 aliphatic carbocycles. The van der Waals surface area contributed by atoms with E-state index in [9.17, 15) is 12.8 Å². The van der Waals surface area contributed by atoms with E-state index in [-0.39, 0.29) is 10.7 Å². The van der Waals surface area contributed by atoms with Gasteiger partial charge in [0.05, 0.1) is 4.90 Å². The van der Waals surface area contributed by atoms with Gasteiger partial charge in [0.25, 0.3) is 10.0 Å². The van der Waals surface area contributed by atoms with Crippen molar-refractivity contribution in [3.05, 3.63) is 47.7 Å². The van der Waals surface area contributed by atoms with E-state index in [1.54, 1.807) is 6.92 Å². The minimum absolute atomic E-state index is 0.0888. The van der Waals surface area contributed by atoms with E-state index in [1.165, 1.54) is 24.4 Å². The first-order valence-corrected chi connectivity index (χ1v) is 8.06. The van der Waals surface area contributed by atoms with E-state index in [2.05, 4.69) is 14.7 Å². The molecular formula is C14H14FN3O2S. The van der Waals surface area contributed by atoms with E-state index >= 15 is 0 Å². The molecule has 110 valence electrons.